The normalized spacial score (nSPS) is 15.1. The lowest BCUT2D eigenvalue weighted by molar-refractivity contribution is -0.131. The van der Waals surface area contributed by atoms with Crippen molar-refractivity contribution in [2.24, 2.45) is 13.0 Å². The standard InChI is InChI=1S/C19H26N4O2.ClH/c1-20-10-7-14-8-11-23(12-9-14)18(24)13-17-15-5-3-4-6-16(15)19(25)22(2)21-17;/h3-6,14,20H,7-13H2,1-2H3;1H. The minimum atomic E-state index is -0.128. The summed E-state index contributed by atoms with van der Waals surface area (Å²) in [5.41, 5.74) is 0.553. The monoisotopic (exact) mass is 378 g/mol. The van der Waals surface area contributed by atoms with Gasteiger partial charge in [0.2, 0.25) is 5.91 Å². The van der Waals surface area contributed by atoms with Gasteiger partial charge in [-0.25, -0.2) is 4.68 Å². The molecular formula is C19H27ClN4O2. The number of aryl methyl sites for hydroxylation is 1. The molecule has 2 heterocycles. The number of hydrogen-bond acceptors (Lipinski definition) is 4. The third-order valence-electron chi connectivity index (χ3n) is 5.12. The molecule has 1 N–H and O–H groups in total. The highest BCUT2D eigenvalue weighted by atomic mass is 35.5. The number of carbonyl (C=O) groups excluding carboxylic acids is 1. The van der Waals surface area contributed by atoms with Crippen LogP contribution in [-0.2, 0) is 18.3 Å². The molecule has 1 saturated heterocycles. The molecule has 1 aliphatic heterocycles. The summed E-state index contributed by atoms with van der Waals surface area (Å²) in [5, 5.41) is 8.93. The summed E-state index contributed by atoms with van der Waals surface area (Å²) in [6.07, 6.45) is 3.55. The minimum absolute atomic E-state index is 0. The molecule has 142 valence electrons. The Hall–Kier alpha value is -1.92. The molecule has 1 fully saturated rings. The molecule has 3 rings (SSSR count). The van der Waals surface area contributed by atoms with Gasteiger partial charge in [-0.15, -0.1) is 12.4 Å². The van der Waals surface area contributed by atoms with Crippen molar-refractivity contribution in [1.29, 1.82) is 0 Å². The van der Waals surface area contributed by atoms with Crippen LogP contribution in [0.3, 0.4) is 0 Å². The third kappa shape index (κ3) is 4.43. The van der Waals surface area contributed by atoms with Crippen molar-refractivity contribution in [1.82, 2.24) is 20.0 Å². The van der Waals surface area contributed by atoms with E-state index in [0.717, 1.165) is 37.9 Å². The van der Waals surface area contributed by atoms with Crippen LogP contribution in [0.4, 0.5) is 0 Å². The van der Waals surface area contributed by atoms with Gasteiger partial charge in [0.1, 0.15) is 0 Å². The Morgan fingerprint density at radius 2 is 1.88 bits per heavy atom. The molecule has 0 spiro atoms. The summed E-state index contributed by atoms with van der Waals surface area (Å²) in [5.74, 6) is 0.802. The first kappa shape index (κ1) is 20.4. The van der Waals surface area contributed by atoms with Crippen molar-refractivity contribution in [3.63, 3.8) is 0 Å². The maximum atomic E-state index is 12.7. The van der Waals surface area contributed by atoms with Gasteiger partial charge in [-0.1, -0.05) is 18.2 Å². The number of aromatic nitrogens is 2. The average Bonchev–Trinajstić information content (AvgIpc) is 2.64. The number of benzene rings is 1. The Morgan fingerprint density at radius 1 is 1.23 bits per heavy atom. The molecule has 0 saturated carbocycles. The van der Waals surface area contributed by atoms with E-state index in [1.165, 1.54) is 11.1 Å². The predicted molar refractivity (Wildman–Crippen MR) is 106 cm³/mol. The first-order chi connectivity index (χ1) is 12.1. The maximum Gasteiger partial charge on any atom is 0.274 e. The Kier molecular flexibility index (Phi) is 7.17. The smallest absolute Gasteiger partial charge is 0.274 e. The lowest BCUT2D eigenvalue weighted by Gasteiger charge is -2.32. The van der Waals surface area contributed by atoms with E-state index >= 15 is 0 Å². The van der Waals surface area contributed by atoms with Crippen LogP contribution in [0, 0.1) is 5.92 Å². The molecular weight excluding hydrogens is 352 g/mol. The van der Waals surface area contributed by atoms with Crippen LogP contribution in [0.1, 0.15) is 25.0 Å². The van der Waals surface area contributed by atoms with E-state index in [1.54, 1.807) is 13.1 Å². The number of fused-ring (bicyclic) bond motifs is 1. The number of amides is 1. The number of carbonyl (C=O) groups is 1. The van der Waals surface area contributed by atoms with Crippen LogP contribution in [0.2, 0.25) is 0 Å². The average molecular weight is 379 g/mol. The van der Waals surface area contributed by atoms with Gasteiger partial charge in [0, 0.05) is 25.5 Å². The van der Waals surface area contributed by atoms with E-state index in [4.69, 9.17) is 0 Å². The number of hydrogen-bond donors (Lipinski definition) is 1. The van der Waals surface area contributed by atoms with Gasteiger partial charge in [0.05, 0.1) is 17.5 Å². The molecule has 1 aromatic heterocycles. The molecule has 7 heteroatoms. The van der Waals surface area contributed by atoms with E-state index < -0.39 is 0 Å². The molecule has 0 radical (unpaired) electrons. The second kappa shape index (κ2) is 9.14. The number of rotatable bonds is 5. The Bertz CT molecular complexity index is 813. The lowest BCUT2D eigenvalue weighted by Crippen LogP contribution is -2.40. The largest absolute Gasteiger partial charge is 0.342 e. The molecule has 26 heavy (non-hydrogen) atoms. The van der Waals surface area contributed by atoms with Crippen molar-refractivity contribution in [3.8, 4) is 0 Å². The van der Waals surface area contributed by atoms with E-state index in [9.17, 15) is 9.59 Å². The SMILES string of the molecule is CNCCC1CCN(C(=O)Cc2nn(C)c(=O)c3ccccc23)CC1.Cl. The van der Waals surface area contributed by atoms with Gasteiger partial charge in [-0.05, 0) is 44.8 Å². The highest BCUT2D eigenvalue weighted by Crippen LogP contribution is 2.21. The first-order valence-electron chi connectivity index (χ1n) is 8.97. The van der Waals surface area contributed by atoms with Crippen LogP contribution in [-0.4, -0.2) is 47.3 Å². The Labute approximate surface area is 160 Å². The van der Waals surface area contributed by atoms with Gasteiger partial charge < -0.3 is 10.2 Å². The zero-order valence-electron chi connectivity index (χ0n) is 15.4. The molecule has 1 aromatic carbocycles. The highest BCUT2D eigenvalue weighted by molar-refractivity contribution is 5.88. The number of piperidine rings is 1. The van der Waals surface area contributed by atoms with E-state index in [-0.39, 0.29) is 30.3 Å². The van der Waals surface area contributed by atoms with E-state index in [2.05, 4.69) is 10.4 Å². The van der Waals surface area contributed by atoms with E-state index in [1.807, 2.05) is 30.1 Å². The fourth-order valence-corrected chi connectivity index (χ4v) is 3.58. The van der Waals surface area contributed by atoms with Gasteiger partial charge in [0.15, 0.2) is 0 Å². The van der Waals surface area contributed by atoms with E-state index in [0.29, 0.717) is 17.0 Å². The molecule has 6 nitrogen and oxygen atoms in total. The summed E-state index contributed by atoms with van der Waals surface area (Å²) in [6.45, 7) is 2.67. The molecule has 2 aromatic rings. The summed E-state index contributed by atoms with van der Waals surface area (Å²) in [6, 6.07) is 7.38. The quantitative estimate of drug-likeness (QED) is 0.860. The van der Waals surface area contributed by atoms with Gasteiger partial charge in [0.25, 0.3) is 5.56 Å². The molecule has 0 aliphatic carbocycles. The maximum absolute atomic E-state index is 12.7. The predicted octanol–water partition coefficient (Wildman–Crippen LogP) is 1.75. The van der Waals surface area contributed by atoms with Crippen LogP contribution in [0.15, 0.2) is 29.1 Å². The van der Waals surface area contributed by atoms with Crippen molar-refractivity contribution < 1.29 is 4.79 Å². The summed E-state index contributed by atoms with van der Waals surface area (Å²) in [7, 11) is 3.61. The van der Waals surface area contributed by atoms with Crippen molar-refractivity contribution in [2.45, 2.75) is 25.7 Å². The molecule has 1 aliphatic rings. The number of halogens is 1. The molecule has 1 amide bonds. The number of nitrogens with zero attached hydrogens (tertiary/aromatic N) is 3. The fraction of sp³-hybridized carbons (Fsp3) is 0.526. The van der Waals surface area contributed by atoms with Gasteiger partial charge in [-0.2, -0.15) is 5.10 Å². The summed E-state index contributed by atoms with van der Waals surface area (Å²) in [4.78, 5) is 26.8. The van der Waals surface area contributed by atoms with Gasteiger partial charge in [-0.3, -0.25) is 9.59 Å². The molecule has 0 atom stereocenters. The van der Waals surface area contributed by atoms with Gasteiger partial charge >= 0.3 is 0 Å². The third-order valence-corrected chi connectivity index (χ3v) is 5.12. The number of nitrogens with one attached hydrogen (secondary N) is 1. The summed E-state index contributed by atoms with van der Waals surface area (Å²) >= 11 is 0. The zero-order valence-corrected chi connectivity index (χ0v) is 16.2. The lowest BCUT2D eigenvalue weighted by atomic mass is 9.93. The van der Waals surface area contributed by atoms with Crippen molar-refractivity contribution in [3.05, 3.63) is 40.3 Å². The highest BCUT2D eigenvalue weighted by Gasteiger charge is 2.23. The fourth-order valence-electron chi connectivity index (χ4n) is 3.58. The number of likely N-dealkylation sites (tertiary alicyclic amines) is 1. The molecule has 0 unspecified atom stereocenters. The van der Waals surface area contributed by atoms with Crippen LogP contribution in [0.5, 0.6) is 0 Å². The first-order valence-corrected chi connectivity index (χ1v) is 8.97. The van der Waals surface area contributed by atoms with Crippen LogP contribution in [0.25, 0.3) is 10.8 Å². The van der Waals surface area contributed by atoms with Crippen molar-refractivity contribution >= 4 is 29.1 Å². The zero-order chi connectivity index (χ0) is 17.8. The summed E-state index contributed by atoms with van der Waals surface area (Å²) < 4.78 is 1.33. The Morgan fingerprint density at radius 3 is 2.54 bits per heavy atom. The minimum Gasteiger partial charge on any atom is -0.342 e. The second-order valence-electron chi connectivity index (χ2n) is 6.81. The second-order valence-corrected chi connectivity index (χ2v) is 6.81. The van der Waals surface area contributed by atoms with Crippen molar-refractivity contribution in [2.75, 3.05) is 26.7 Å². The molecule has 0 bridgehead atoms. The van der Waals surface area contributed by atoms with Crippen LogP contribution < -0.4 is 10.9 Å². The van der Waals surface area contributed by atoms with Crippen LogP contribution >= 0.6 is 12.4 Å². The Balaban J connectivity index is 0.00000243. The topological polar surface area (TPSA) is 67.2 Å².